The maximum Gasteiger partial charge on any atom is 0.243 e. The van der Waals surface area contributed by atoms with Gasteiger partial charge in [0.2, 0.25) is 15.9 Å². The van der Waals surface area contributed by atoms with Crippen molar-refractivity contribution in [2.45, 2.75) is 37.1 Å². The number of thiophene rings is 1. The predicted octanol–water partition coefficient (Wildman–Crippen LogP) is 5.97. The van der Waals surface area contributed by atoms with Crippen LogP contribution >= 0.6 is 34.5 Å². The molecule has 1 aliphatic carbocycles. The third-order valence-electron chi connectivity index (χ3n) is 6.87. The molecule has 1 amide bonds. The van der Waals surface area contributed by atoms with E-state index in [2.05, 4.69) is 0 Å². The molecule has 1 aromatic heterocycles. The van der Waals surface area contributed by atoms with Crippen LogP contribution in [0.4, 0.5) is 0 Å². The Kier molecular flexibility index (Phi) is 7.84. The lowest BCUT2D eigenvalue weighted by Crippen LogP contribution is -2.48. The lowest BCUT2D eigenvalue weighted by atomic mass is 10.0. The number of hydrogen-bond acceptors (Lipinski definition) is 5. The second-order valence-corrected chi connectivity index (χ2v) is 13.4. The molecular weight excluding hydrogens is 551 g/mol. The number of fused-ring (bicyclic) bond motifs is 1. The third kappa shape index (κ3) is 5.99. The lowest BCUT2D eigenvalue weighted by Gasteiger charge is -2.37. The van der Waals surface area contributed by atoms with Crippen molar-refractivity contribution >= 4 is 50.5 Å². The second-order valence-electron chi connectivity index (χ2n) is 9.57. The Balaban J connectivity index is 1.37. The van der Waals surface area contributed by atoms with Gasteiger partial charge in [-0.25, -0.2) is 8.42 Å². The highest BCUT2D eigenvalue weighted by Gasteiger charge is 2.37. The first kappa shape index (κ1) is 26.5. The molecule has 6 nitrogen and oxygen atoms in total. The van der Waals surface area contributed by atoms with Gasteiger partial charge in [-0.15, -0.1) is 11.3 Å². The molecular formula is C27H28Cl2N2O4S2. The number of nitrogens with zero attached hydrogens (tertiary/aromatic N) is 2. The lowest BCUT2D eigenvalue weighted by molar-refractivity contribution is -0.135. The van der Waals surface area contributed by atoms with Crippen molar-refractivity contribution in [3.63, 3.8) is 0 Å². The molecule has 10 heteroatoms. The number of sulfonamides is 1. The number of hydrogen-bond donors (Lipinski definition) is 0. The van der Waals surface area contributed by atoms with Crippen LogP contribution in [0.5, 0.6) is 5.75 Å². The molecule has 0 radical (unpaired) electrons. The summed E-state index contributed by atoms with van der Waals surface area (Å²) in [5.74, 6) is 0.736. The number of aryl methyl sites for hydroxylation is 1. The number of carbonyl (C=O) groups is 1. The van der Waals surface area contributed by atoms with E-state index in [1.807, 2.05) is 30.5 Å². The summed E-state index contributed by atoms with van der Waals surface area (Å²) >= 11 is 13.8. The van der Waals surface area contributed by atoms with Crippen molar-refractivity contribution in [2.75, 3.05) is 26.2 Å². The van der Waals surface area contributed by atoms with Gasteiger partial charge < -0.3 is 9.64 Å². The van der Waals surface area contributed by atoms with Gasteiger partial charge in [-0.05, 0) is 97.1 Å². The number of amides is 1. The minimum atomic E-state index is -3.85. The average molecular weight is 580 g/mol. The molecule has 3 aromatic rings. The number of benzene rings is 2. The van der Waals surface area contributed by atoms with Crippen LogP contribution in [0, 0.1) is 12.8 Å². The fraction of sp³-hybridized carbons (Fsp3) is 0.370. The molecule has 0 saturated heterocycles. The van der Waals surface area contributed by atoms with Crippen LogP contribution in [0.2, 0.25) is 10.0 Å². The van der Waals surface area contributed by atoms with E-state index in [9.17, 15) is 13.2 Å². The Morgan fingerprint density at radius 3 is 2.59 bits per heavy atom. The second kappa shape index (κ2) is 10.9. The highest BCUT2D eigenvalue weighted by molar-refractivity contribution is 7.89. The summed E-state index contributed by atoms with van der Waals surface area (Å²) < 4.78 is 34.5. The van der Waals surface area contributed by atoms with Crippen molar-refractivity contribution in [1.29, 1.82) is 0 Å². The summed E-state index contributed by atoms with van der Waals surface area (Å²) in [6.45, 7) is 2.82. The van der Waals surface area contributed by atoms with E-state index >= 15 is 0 Å². The normalized spacial score (nSPS) is 17.6. The predicted molar refractivity (Wildman–Crippen MR) is 147 cm³/mol. The molecule has 1 unspecified atom stereocenters. The molecule has 2 heterocycles. The standard InChI is InChI=1S/C27H28Cl2N2O4S2/c1-18-14-21(6-9-24(18)29)35-17-25-23-11-13-36-26(23)10-12-31(25)27(32)16-30(15-19-2-3-19)37(33,34)22-7-4-20(28)5-8-22/h4-9,11,13-14,19,25H,2-3,10,12,15-17H2,1H3. The van der Waals surface area contributed by atoms with E-state index in [1.54, 1.807) is 34.4 Å². The van der Waals surface area contributed by atoms with Crippen LogP contribution < -0.4 is 4.74 Å². The molecule has 2 aliphatic rings. The van der Waals surface area contributed by atoms with E-state index in [0.29, 0.717) is 28.9 Å². The Morgan fingerprint density at radius 1 is 1.14 bits per heavy atom. The summed E-state index contributed by atoms with van der Waals surface area (Å²) in [7, 11) is -3.85. The minimum absolute atomic E-state index is 0.141. The zero-order chi connectivity index (χ0) is 26.2. The molecule has 1 saturated carbocycles. The van der Waals surface area contributed by atoms with Gasteiger partial charge in [-0.3, -0.25) is 4.79 Å². The van der Waals surface area contributed by atoms with Crippen molar-refractivity contribution in [2.24, 2.45) is 5.92 Å². The molecule has 0 bridgehead atoms. The zero-order valence-electron chi connectivity index (χ0n) is 20.4. The first-order valence-corrected chi connectivity index (χ1v) is 15.3. The van der Waals surface area contributed by atoms with Crippen LogP contribution in [0.15, 0.2) is 58.8 Å². The molecule has 196 valence electrons. The molecule has 1 aliphatic heterocycles. The van der Waals surface area contributed by atoms with Gasteiger partial charge in [0.05, 0.1) is 17.5 Å². The fourth-order valence-electron chi connectivity index (χ4n) is 4.59. The van der Waals surface area contributed by atoms with Crippen LogP contribution in [-0.2, 0) is 21.2 Å². The number of halogens is 2. The first-order valence-electron chi connectivity index (χ1n) is 12.2. The summed E-state index contributed by atoms with van der Waals surface area (Å²) in [4.78, 5) is 16.9. The van der Waals surface area contributed by atoms with Gasteiger partial charge in [-0.2, -0.15) is 4.31 Å². The molecule has 5 rings (SSSR count). The summed E-state index contributed by atoms with van der Waals surface area (Å²) in [6, 6.07) is 13.3. The summed E-state index contributed by atoms with van der Waals surface area (Å²) in [6.07, 6.45) is 2.68. The van der Waals surface area contributed by atoms with Crippen LogP contribution in [0.25, 0.3) is 0 Å². The maximum absolute atomic E-state index is 13.7. The Morgan fingerprint density at radius 2 is 1.89 bits per heavy atom. The van der Waals surface area contributed by atoms with E-state index < -0.39 is 10.0 Å². The largest absolute Gasteiger partial charge is 0.491 e. The van der Waals surface area contributed by atoms with E-state index in [4.69, 9.17) is 27.9 Å². The zero-order valence-corrected chi connectivity index (χ0v) is 23.5. The van der Waals surface area contributed by atoms with E-state index in [-0.39, 0.29) is 35.9 Å². The van der Waals surface area contributed by atoms with Gasteiger partial charge in [0.1, 0.15) is 12.4 Å². The molecule has 0 spiro atoms. The Labute approximate surface area is 231 Å². The van der Waals surface area contributed by atoms with Crippen molar-refractivity contribution in [1.82, 2.24) is 9.21 Å². The van der Waals surface area contributed by atoms with Crippen molar-refractivity contribution < 1.29 is 17.9 Å². The third-order valence-corrected chi connectivity index (χ3v) is 10.4. The average Bonchev–Trinajstić information content (AvgIpc) is 3.56. The summed E-state index contributed by atoms with van der Waals surface area (Å²) in [5, 5.41) is 3.16. The van der Waals surface area contributed by atoms with Crippen LogP contribution in [0.3, 0.4) is 0 Å². The minimum Gasteiger partial charge on any atom is -0.491 e. The van der Waals surface area contributed by atoms with Crippen molar-refractivity contribution in [3.05, 3.63) is 80.0 Å². The highest BCUT2D eigenvalue weighted by Crippen LogP contribution is 2.36. The van der Waals surface area contributed by atoms with Gasteiger partial charge in [0.15, 0.2) is 0 Å². The monoisotopic (exact) mass is 578 g/mol. The van der Waals surface area contributed by atoms with Gasteiger partial charge in [0, 0.05) is 28.0 Å². The molecule has 2 aromatic carbocycles. The van der Waals surface area contributed by atoms with Crippen LogP contribution in [0.1, 0.15) is 34.9 Å². The van der Waals surface area contributed by atoms with Gasteiger partial charge >= 0.3 is 0 Å². The van der Waals surface area contributed by atoms with E-state index in [1.165, 1.54) is 21.3 Å². The quantitative estimate of drug-likeness (QED) is 0.314. The van der Waals surface area contributed by atoms with Crippen LogP contribution in [-0.4, -0.2) is 49.8 Å². The smallest absolute Gasteiger partial charge is 0.243 e. The van der Waals surface area contributed by atoms with E-state index in [0.717, 1.165) is 30.4 Å². The van der Waals surface area contributed by atoms with Gasteiger partial charge in [0.25, 0.3) is 0 Å². The first-order chi connectivity index (χ1) is 17.7. The Bertz CT molecular complexity index is 1390. The topological polar surface area (TPSA) is 66.9 Å². The highest BCUT2D eigenvalue weighted by atomic mass is 35.5. The number of rotatable bonds is 9. The number of ether oxygens (including phenoxy) is 1. The van der Waals surface area contributed by atoms with Gasteiger partial charge in [-0.1, -0.05) is 23.2 Å². The summed E-state index contributed by atoms with van der Waals surface area (Å²) in [5.41, 5.74) is 1.97. The maximum atomic E-state index is 13.7. The molecule has 1 fully saturated rings. The molecule has 0 N–H and O–H groups in total. The fourth-order valence-corrected chi connectivity index (χ4v) is 7.23. The Hall–Kier alpha value is -2.10. The SMILES string of the molecule is Cc1cc(OCC2c3ccsc3CCN2C(=O)CN(CC2CC2)S(=O)(=O)c2ccc(Cl)cc2)ccc1Cl. The molecule has 1 atom stereocenters. The van der Waals surface area contributed by atoms with Crippen molar-refractivity contribution in [3.8, 4) is 5.75 Å². The molecule has 37 heavy (non-hydrogen) atoms. The number of carbonyl (C=O) groups excluding carboxylic acids is 1.